The number of hydrogen-bond donors (Lipinski definition) is 0. The second kappa shape index (κ2) is 4.77. The zero-order chi connectivity index (χ0) is 13.5. The van der Waals surface area contributed by atoms with Crippen molar-refractivity contribution in [3.63, 3.8) is 0 Å². The minimum absolute atomic E-state index is 0.591. The fourth-order valence-corrected chi connectivity index (χ4v) is 4.02. The maximum atomic E-state index is 2.54. The molecule has 3 aliphatic carbocycles. The van der Waals surface area contributed by atoms with E-state index >= 15 is 0 Å². The van der Waals surface area contributed by atoms with Crippen LogP contribution < -0.4 is 0 Å². The molecule has 1 saturated carbocycles. The largest absolute Gasteiger partial charge is 0.0767 e. The van der Waals surface area contributed by atoms with Gasteiger partial charge in [-0.05, 0) is 71.8 Å². The third-order valence-electron chi connectivity index (χ3n) is 5.11. The molecule has 0 bridgehead atoms. The van der Waals surface area contributed by atoms with E-state index in [1.54, 1.807) is 11.1 Å². The number of benzene rings is 1. The van der Waals surface area contributed by atoms with E-state index in [9.17, 15) is 0 Å². The molecule has 0 radical (unpaired) electrons. The summed E-state index contributed by atoms with van der Waals surface area (Å²) in [5.41, 5.74) is 7.83. The van der Waals surface area contributed by atoms with Gasteiger partial charge in [-0.25, -0.2) is 0 Å². The summed E-state index contributed by atoms with van der Waals surface area (Å²) in [6.45, 7) is 2.29. The minimum atomic E-state index is 0.591. The highest BCUT2D eigenvalue weighted by Gasteiger charge is 2.22. The van der Waals surface area contributed by atoms with Gasteiger partial charge in [-0.1, -0.05) is 49.4 Å². The van der Waals surface area contributed by atoms with Crippen molar-refractivity contribution in [2.24, 2.45) is 5.92 Å². The molecule has 1 unspecified atom stereocenters. The van der Waals surface area contributed by atoms with Gasteiger partial charge in [-0.3, -0.25) is 0 Å². The third-order valence-corrected chi connectivity index (χ3v) is 5.11. The zero-order valence-electron chi connectivity index (χ0n) is 12.2. The highest BCUT2D eigenvalue weighted by Crippen LogP contribution is 2.38. The molecule has 0 spiro atoms. The van der Waals surface area contributed by atoms with Crippen LogP contribution in [0.15, 0.2) is 47.6 Å². The van der Waals surface area contributed by atoms with Crippen LogP contribution in [0, 0.1) is 5.92 Å². The van der Waals surface area contributed by atoms with Gasteiger partial charge in [0.1, 0.15) is 0 Å². The molecule has 3 aliphatic rings. The van der Waals surface area contributed by atoms with E-state index in [0.29, 0.717) is 11.8 Å². The predicted octanol–water partition coefficient (Wildman–Crippen LogP) is 5.42. The lowest BCUT2D eigenvalue weighted by Gasteiger charge is -2.13. The molecule has 0 heteroatoms. The molecule has 0 aromatic heterocycles. The number of allylic oxidation sites excluding steroid dienone is 5. The summed E-state index contributed by atoms with van der Waals surface area (Å²) < 4.78 is 0. The predicted molar refractivity (Wildman–Crippen MR) is 85.7 cm³/mol. The van der Waals surface area contributed by atoms with Crippen molar-refractivity contribution >= 4 is 6.08 Å². The lowest BCUT2D eigenvalue weighted by molar-refractivity contribution is 0.682. The Morgan fingerprint density at radius 2 is 1.80 bits per heavy atom. The second-order valence-corrected chi connectivity index (χ2v) is 6.53. The first-order valence-electron chi connectivity index (χ1n) is 8.03. The fourth-order valence-electron chi connectivity index (χ4n) is 4.02. The van der Waals surface area contributed by atoms with Crippen LogP contribution in [0.1, 0.15) is 55.2 Å². The molecule has 102 valence electrons. The summed E-state index contributed by atoms with van der Waals surface area (Å²) in [6, 6.07) is 6.84. The topological polar surface area (TPSA) is 0 Å². The Morgan fingerprint density at radius 1 is 1.05 bits per heavy atom. The molecule has 0 N–H and O–H groups in total. The van der Waals surface area contributed by atoms with Gasteiger partial charge in [0.05, 0.1) is 0 Å². The standard InChI is InChI=1S/C20H22/c1-14-9-10-20-18(7-4-8-19(14)20)13-15-11-16-5-2-3-6-17(16)12-15/h4,7-12,14-15H,2-3,5-6,13H2,1H3. The summed E-state index contributed by atoms with van der Waals surface area (Å²) in [6.07, 6.45) is 16.3. The van der Waals surface area contributed by atoms with Gasteiger partial charge in [0.2, 0.25) is 0 Å². The zero-order valence-corrected chi connectivity index (χ0v) is 12.2. The van der Waals surface area contributed by atoms with Gasteiger partial charge in [-0.2, -0.15) is 0 Å². The average molecular weight is 262 g/mol. The van der Waals surface area contributed by atoms with E-state index in [2.05, 4.69) is 49.4 Å². The van der Waals surface area contributed by atoms with Gasteiger partial charge >= 0.3 is 0 Å². The molecule has 1 aromatic rings. The van der Waals surface area contributed by atoms with Gasteiger partial charge in [0, 0.05) is 0 Å². The normalized spacial score (nSPS) is 24.4. The van der Waals surface area contributed by atoms with E-state index in [1.165, 1.54) is 48.8 Å². The number of rotatable bonds is 2. The van der Waals surface area contributed by atoms with Crippen LogP contribution in [0.4, 0.5) is 0 Å². The highest BCUT2D eigenvalue weighted by molar-refractivity contribution is 5.65. The molecule has 20 heavy (non-hydrogen) atoms. The molecular weight excluding hydrogens is 240 g/mol. The Labute approximate surface area is 121 Å². The van der Waals surface area contributed by atoms with Gasteiger partial charge < -0.3 is 0 Å². The first-order chi connectivity index (χ1) is 9.81. The van der Waals surface area contributed by atoms with Crippen molar-refractivity contribution < 1.29 is 0 Å². The molecule has 1 fully saturated rings. The van der Waals surface area contributed by atoms with Crippen molar-refractivity contribution in [2.45, 2.75) is 44.9 Å². The summed E-state index contributed by atoms with van der Waals surface area (Å²) >= 11 is 0. The second-order valence-electron chi connectivity index (χ2n) is 6.53. The van der Waals surface area contributed by atoms with Crippen LogP contribution in [0.25, 0.3) is 6.08 Å². The SMILES string of the molecule is CC1C=Cc2c(CC3C=C4CCCCC4=C3)cccc21. The summed E-state index contributed by atoms with van der Waals surface area (Å²) in [5, 5.41) is 0. The van der Waals surface area contributed by atoms with E-state index < -0.39 is 0 Å². The quantitative estimate of drug-likeness (QED) is 0.668. The molecule has 1 atom stereocenters. The minimum Gasteiger partial charge on any atom is -0.0767 e. The van der Waals surface area contributed by atoms with Crippen molar-refractivity contribution in [3.05, 3.63) is 64.3 Å². The Hall–Kier alpha value is -1.56. The molecule has 1 aromatic carbocycles. The van der Waals surface area contributed by atoms with Crippen LogP contribution >= 0.6 is 0 Å². The smallest absolute Gasteiger partial charge is 0.000101 e. The van der Waals surface area contributed by atoms with E-state index in [-0.39, 0.29) is 0 Å². The molecular formula is C20H22. The average Bonchev–Trinajstić information content (AvgIpc) is 3.03. The molecule has 4 rings (SSSR count). The van der Waals surface area contributed by atoms with Gasteiger partial charge in [0.25, 0.3) is 0 Å². The van der Waals surface area contributed by atoms with Gasteiger partial charge in [0.15, 0.2) is 0 Å². The van der Waals surface area contributed by atoms with Crippen molar-refractivity contribution in [1.29, 1.82) is 0 Å². The Bertz CT molecular complexity index is 605. The first kappa shape index (κ1) is 12.2. The van der Waals surface area contributed by atoms with Crippen LogP contribution in [0.2, 0.25) is 0 Å². The van der Waals surface area contributed by atoms with E-state index in [4.69, 9.17) is 0 Å². The molecule has 0 saturated heterocycles. The summed E-state index contributed by atoms with van der Waals surface area (Å²) in [5.74, 6) is 1.22. The Morgan fingerprint density at radius 3 is 2.55 bits per heavy atom. The highest BCUT2D eigenvalue weighted by atomic mass is 14.3. The van der Waals surface area contributed by atoms with Crippen LogP contribution in [0.3, 0.4) is 0 Å². The van der Waals surface area contributed by atoms with Crippen LogP contribution in [0.5, 0.6) is 0 Å². The monoisotopic (exact) mass is 262 g/mol. The fraction of sp³-hybridized carbons (Fsp3) is 0.400. The molecule has 0 heterocycles. The molecule has 0 aliphatic heterocycles. The van der Waals surface area contributed by atoms with E-state index in [1.807, 2.05) is 0 Å². The van der Waals surface area contributed by atoms with Crippen molar-refractivity contribution in [2.75, 3.05) is 0 Å². The lowest BCUT2D eigenvalue weighted by atomic mass is 9.92. The number of hydrogen-bond acceptors (Lipinski definition) is 0. The Balaban J connectivity index is 1.61. The number of fused-ring (bicyclic) bond motifs is 2. The molecule has 0 amide bonds. The van der Waals surface area contributed by atoms with Crippen LogP contribution in [-0.4, -0.2) is 0 Å². The summed E-state index contributed by atoms with van der Waals surface area (Å²) in [7, 11) is 0. The van der Waals surface area contributed by atoms with Crippen LogP contribution in [-0.2, 0) is 6.42 Å². The van der Waals surface area contributed by atoms with E-state index in [0.717, 1.165) is 0 Å². The maximum absolute atomic E-state index is 2.54. The van der Waals surface area contributed by atoms with Crippen molar-refractivity contribution in [1.82, 2.24) is 0 Å². The lowest BCUT2D eigenvalue weighted by Crippen LogP contribution is -2.00. The van der Waals surface area contributed by atoms with Gasteiger partial charge in [-0.15, -0.1) is 0 Å². The third kappa shape index (κ3) is 1.98. The molecule has 0 nitrogen and oxygen atoms in total. The summed E-state index contributed by atoms with van der Waals surface area (Å²) in [4.78, 5) is 0. The Kier molecular flexibility index (Phi) is 2.91. The van der Waals surface area contributed by atoms with Crippen molar-refractivity contribution in [3.8, 4) is 0 Å². The first-order valence-corrected chi connectivity index (χ1v) is 8.03. The maximum Gasteiger partial charge on any atom is -0.000101 e.